The monoisotopic (exact) mass is 202 g/mol. The van der Waals surface area contributed by atoms with Gasteiger partial charge in [-0.2, -0.15) is 0 Å². The molecule has 0 spiro atoms. The SMILES string of the molecule is COC(F)C(=O)c1ccc(Cl)cc1. The van der Waals surface area contributed by atoms with Gasteiger partial charge in [-0.05, 0) is 24.3 Å². The Balaban J connectivity index is 2.83. The quantitative estimate of drug-likeness (QED) is 0.704. The van der Waals surface area contributed by atoms with Crippen molar-refractivity contribution < 1.29 is 13.9 Å². The Morgan fingerprint density at radius 2 is 2.00 bits per heavy atom. The number of rotatable bonds is 3. The number of ketones is 1. The molecule has 70 valence electrons. The first-order valence-corrected chi connectivity index (χ1v) is 3.99. The Labute approximate surface area is 80.3 Å². The van der Waals surface area contributed by atoms with Crippen LogP contribution >= 0.6 is 11.6 Å². The van der Waals surface area contributed by atoms with Crippen LogP contribution in [0.3, 0.4) is 0 Å². The second-order valence-corrected chi connectivity index (χ2v) is 2.86. The van der Waals surface area contributed by atoms with Gasteiger partial charge < -0.3 is 4.74 Å². The maximum atomic E-state index is 12.7. The molecular formula is C9H8ClFO2. The molecule has 0 saturated carbocycles. The van der Waals surface area contributed by atoms with Crippen LogP contribution in [0.5, 0.6) is 0 Å². The molecule has 4 heteroatoms. The van der Waals surface area contributed by atoms with Gasteiger partial charge in [0.05, 0.1) is 0 Å². The van der Waals surface area contributed by atoms with Crippen LogP contribution in [0.25, 0.3) is 0 Å². The van der Waals surface area contributed by atoms with Crippen LogP contribution in [0, 0.1) is 0 Å². The number of carbonyl (C=O) groups excluding carboxylic acids is 1. The molecule has 0 aromatic heterocycles. The molecule has 0 bridgehead atoms. The highest BCUT2D eigenvalue weighted by molar-refractivity contribution is 6.30. The lowest BCUT2D eigenvalue weighted by atomic mass is 10.1. The van der Waals surface area contributed by atoms with Gasteiger partial charge in [-0.15, -0.1) is 0 Å². The number of benzene rings is 1. The first kappa shape index (κ1) is 10.2. The molecule has 0 amide bonds. The zero-order valence-corrected chi connectivity index (χ0v) is 7.72. The summed E-state index contributed by atoms with van der Waals surface area (Å²) in [6.07, 6.45) is -1.90. The van der Waals surface area contributed by atoms with Crippen LogP contribution in [0.15, 0.2) is 24.3 Å². The van der Waals surface area contributed by atoms with E-state index >= 15 is 0 Å². The molecule has 0 aliphatic rings. The van der Waals surface area contributed by atoms with Crippen molar-refractivity contribution >= 4 is 17.4 Å². The molecular weight excluding hydrogens is 195 g/mol. The average molecular weight is 203 g/mol. The van der Waals surface area contributed by atoms with E-state index in [0.29, 0.717) is 5.02 Å². The number of alkyl halides is 1. The third-order valence-corrected chi connectivity index (χ3v) is 1.79. The van der Waals surface area contributed by atoms with Crippen molar-refractivity contribution in [3.63, 3.8) is 0 Å². The lowest BCUT2D eigenvalue weighted by Crippen LogP contribution is -2.17. The topological polar surface area (TPSA) is 26.3 Å². The fraction of sp³-hybridized carbons (Fsp3) is 0.222. The second-order valence-electron chi connectivity index (χ2n) is 2.42. The van der Waals surface area contributed by atoms with E-state index < -0.39 is 12.1 Å². The number of Topliss-reactive ketones (excluding diaryl/α,β-unsaturated/α-hetero) is 1. The first-order valence-electron chi connectivity index (χ1n) is 3.62. The molecule has 1 unspecified atom stereocenters. The van der Waals surface area contributed by atoms with Gasteiger partial charge >= 0.3 is 0 Å². The van der Waals surface area contributed by atoms with Crippen molar-refractivity contribution in [3.05, 3.63) is 34.9 Å². The fourth-order valence-electron chi connectivity index (χ4n) is 0.852. The molecule has 0 N–H and O–H groups in total. The minimum atomic E-state index is -1.90. The van der Waals surface area contributed by atoms with E-state index in [9.17, 15) is 9.18 Å². The molecule has 1 rings (SSSR count). The zero-order chi connectivity index (χ0) is 9.84. The molecule has 0 fully saturated rings. The lowest BCUT2D eigenvalue weighted by molar-refractivity contribution is 0.00543. The Bertz CT molecular complexity index is 297. The van der Waals surface area contributed by atoms with E-state index in [1.54, 1.807) is 0 Å². The van der Waals surface area contributed by atoms with E-state index in [-0.39, 0.29) is 5.56 Å². The maximum Gasteiger partial charge on any atom is 0.262 e. The Hall–Kier alpha value is -0.930. The Morgan fingerprint density at radius 1 is 1.46 bits per heavy atom. The Kier molecular flexibility index (Phi) is 3.39. The fourth-order valence-corrected chi connectivity index (χ4v) is 0.978. The van der Waals surface area contributed by atoms with Gasteiger partial charge in [0.15, 0.2) is 0 Å². The molecule has 1 aromatic rings. The predicted molar refractivity (Wildman–Crippen MR) is 47.7 cm³/mol. The van der Waals surface area contributed by atoms with Crippen LogP contribution in [0.1, 0.15) is 10.4 Å². The zero-order valence-electron chi connectivity index (χ0n) is 6.96. The summed E-state index contributed by atoms with van der Waals surface area (Å²) < 4.78 is 17.0. The molecule has 1 atom stereocenters. The van der Waals surface area contributed by atoms with Crippen LogP contribution in [0.2, 0.25) is 5.02 Å². The van der Waals surface area contributed by atoms with E-state index in [1.807, 2.05) is 0 Å². The summed E-state index contributed by atoms with van der Waals surface area (Å²) >= 11 is 5.59. The summed E-state index contributed by atoms with van der Waals surface area (Å²) in [5, 5.41) is 0.504. The summed E-state index contributed by atoms with van der Waals surface area (Å²) in [7, 11) is 1.14. The first-order chi connectivity index (χ1) is 6.15. The molecule has 0 aliphatic carbocycles. The summed E-state index contributed by atoms with van der Waals surface area (Å²) in [5.74, 6) is -0.695. The average Bonchev–Trinajstić information content (AvgIpc) is 2.17. The van der Waals surface area contributed by atoms with Gasteiger partial charge in [0, 0.05) is 17.7 Å². The van der Waals surface area contributed by atoms with E-state index in [0.717, 1.165) is 7.11 Å². The summed E-state index contributed by atoms with van der Waals surface area (Å²) in [6, 6.07) is 5.96. The number of ether oxygens (including phenoxy) is 1. The van der Waals surface area contributed by atoms with Crippen molar-refractivity contribution in [2.24, 2.45) is 0 Å². The van der Waals surface area contributed by atoms with Gasteiger partial charge in [-0.25, -0.2) is 4.39 Å². The van der Waals surface area contributed by atoms with Crippen molar-refractivity contribution in [3.8, 4) is 0 Å². The normalized spacial score (nSPS) is 12.5. The van der Waals surface area contributed by atoms with E-state index in [1.165, 1.54) is 24.3 Å². The molecule has 1 aromatic carbocycles. The summed E-state index contributed by atoms with van der Waals surface area (Å²) in [4.78, 5) is 11.1. The molecule has 0 radical (unpaired) electrons. The van der Waals surface area contributed by atoms with Gasteiger partial charge in [0.25, 0.3) is 6.36 Å². The third kappa shape index (κ3) is 2.50. The third-order valence-electron chi connectivity index (χ3n) is 1.54. The molecule has 0 heterocycles. The van der Waals surface area contributed by atoms with Crippen LogP contribution in [0.4, 0.5) is 4.39 Å². The molecule has 2 nitrogen and oxygen atoms in total. The minimum Gasteiger partial charge on any atom is -0.345 e. The van der Waals surface area contributed by atoms with Gasteiger partial charge in [0.2, 0.25) is 5.78 Å². The maximum absolute atomic E-state index is 12.7. The Morgan fingerprint density at radius 3 is 2.46 bits per heavy atom. The van der Waals surface area contributed by atoms with E-state index in [2.05, 4.69) is 4.74 Å². The highest BCUT2D eigenvalue weighted by atomic mass is 35.5. The smallest absolute Gasteiger partial charge is 0.262 e. The number of halogens is 2. The van der Waals surface area contributed by atoms with Gasteiger partial charge in [-0.3, -0.25) is 4.79 Å². The highest BCUT2D eigenvalue weighted by Gasteiger charge is 2.17. The lowest BCUT2D eigenvalue weighted by Gasteiger charge is -2.04. The minimum absolute atomic E-state index is 0.249. The van der Waals surface area contributed by atoms with Gasteiger partial charge in [-0.1, -0.05) is 11.6 Å². The molecule has 0 aliphatic heterocycles. The van der Waals surface area contributed by atoms with Crippen LogP contribution in [-0.4, -0.2) is 19.3 Å². The van der Waals surface area contributed by atoms with E-state index in [4.69, 9.17) is 11.6 Å². The standard InChI is InChI=1S/C9H8ClFO2/c1-13-9(11)8(12)6-2-4-7(10)5-3-6/h2-5,9H,1H3. The van der Waals surface area contributed by atoms with Crippen molar-refractivity contribution in [2.45, 2.75) is 6.36 Å². The number of carbonyl (C=O) groups is 1. The number of hydrogen-bond donors (Lipinski definition) is 0. The van der Waals surface area contributed by atoms with Crippen molar-refractivity contribution in [2.75, 3.05) is 7.11 Å². The van der Waals surface area contributed by atoms with Gasteiger partial charge in [0.1, 0.15) is 0 Å². The summed E-state index contributed by atoms with van der Waals surface area (Å²) in [6.45, 7) is 0. The largest absolute Gasteiger partial charge is 0.345 e. The predicted octanol–water partition coefficient (Wildman–Crippen LogP) is 2.46. The van der Waals surface area contributed by atoms with Crippen LogP contribution in [-0.2, 0) is 4.74 Å². The van der Waals surface area contributed by atoms with Crippen LogP contribution < -0.4 is 0 Å². The van der Waals surface area contributed by atoms with Crippen molar-refractivity contribution in [1.29, 1.82) is 0 Å². The number of hydrogen-bond acceptors (Lipinski definition) is 2. The summed E-state index contributed by atoms with van der Waals surface area (Å²) in [5.41, 5.74) is 0.249. The molecule has 13 heavy (non-hydrogen) atoms. The highest BCUT2D eigenvalue weighted by Crippen LogP contribution is 2.12. The number of methoxy groups -OCH3 is 1. The van der Waals surface area contributed by atoms with Crippen molar-refractivity contribution in [1.82, 2.24) is 0 Å². The molecule has 0 saturated heterocycles. The second kappa shape index (κ2) is 4.35.